The van der Waals surface area contributed by atoms with Crippen molar-refractivity contribution in [2.45, 2.75) is 26.4 Å². The summed E-state index contributed by atoms with van der Waals surface area (Å²) >= 11 is 1.65. The van der Waals surface area contributed by atoms with E-state index < -0.39 is 23.6 Å². The van der Waals surface area contributed by atoms with Gasteiger partial charge in [0, 0.05) is 37.1 Å². The van der Waals surface area contributed by atoms with E-state index >= 15 is 0 Å². The van der Waals surface area contributed by atoms with Crippen molar-refractivity contribution < 1.29 is 38.8 Å². The lowest BCUT2D eigenvalue weighted by atomic mass is 10.1. The monoisotopic (exact) mass is 698 g/mol. The standard InChI is InChI=1S/C37H38N4O8S/c1-37(2,3)49-36(46)41(16-17-47-18-19-48-27-12-13-28(34(42)43)29(21-27)35(44)45)32-15-10-25(22-38-32)23-6-8-24(9-7-23)33-39-30-14-11-26(40(4)5)20-31(30)50-33/h6-15,20-22H,16-19H2,1-5H3,(H,42,43)(H,44,45). The number of ether oxygens (including phenoxy) is 3. The van der Waals surface area contributed by atoms with E-state index in [0.29, 0.717) is 5.82 Å². The molecule has 0 bridgehead atoms. The van der Waals surface area contributed by atoms with Gasteiger partial charge in [-0.3, -0.25) is 4.90 Å². The number of carbonyl (C=O) groups excluding carboxylic acids is 1. The molecule has 2 aromatic heterocycles. The third-order valence-corrected chi connectivity index (χ3v) is 8.47. The molecule has 0 radical (unpaired) electrons. The highest BCUT2D eigenvalue weighted by atomic mass is 32.1. The summed E-state index contributed by atoms with van der Waals surface area (Å²) in [5.74, 6) is -2.12. The molecule has 2 N–H and O–H groups in total. The first-order chi connectivity index (χ1) is 23.8. The molecule has 0 fully saturated rings. The molecule has 2 heterocycles. The zero-order valence-electron chi connectivity index (χ0n) is 28.4. The maximum Gasteiger partial charge on any atom is 0.416 e. The number of hydrogen-bond donors (Lipinski definition) is 2. The molecule has 13 heteroatoms. The van der Waals surface area contributed by atoms with Crippen LogP contribution in [0.2, 0.25) is 0 Å². The number of benzene rings is 3. The fourth-order valence-electron chi connectivity index (χ4n) is 4.91. The Morgan fingerprint density at radius 1 is 0.800 bits per heavy atom. The van der Waals surface area contributed by atoms with E-state index in [1.165, 1.54) is 17.0 Å². The molecule has 50 heavy (non-hydrogen) atoms. The average molecular weight is 699 g/mol. The van der Waals surface area contributed by atoms with Gasteiger partial charge in [-0.05, 0) is 74.9 Å². The number of fused-ring (bicyclic) bond motifs is 1. The maximum atomic E-state index is 13.2. The normalized spacial score (nSPS) is 11.3. The summed E-state index contributed by atoms with van der Waals surface area (Å²) in [7, 11) is 4.04. The van der Waals surface area contributed by atoms with Gasteiger partial charge in [0.15, 0.2) is 0 Å². The van der Waals surface area contributed by atoms with Crippen LogP contribution in [0.5, 0.6) is 5.75 Å². The molecule has 260 valence electrons. The van der Waals surface area contributed by atoms with E-state index in [9.17, 15) is 24.6 Å². The molecule has 0 spiro atoms. The largest absolute Gasteiger partial charge is 0.491 e. The zero-order chi connectivity index (χ0) is 36.0. The van der Waals surface area contributed by atoms with Crippen molar-refractivity contribution in [3.63, 3.8) is 0 Å². The number of thiazole rings is 1. The topological polar surface area (TPSA) is 152 Å². The van der Waals surface area contributed by atoms with Crippen LogP contribution in [0.25, 0.3) is 31.9 Å². The van der Waals surface area contributed by atoms with Crippen LogP contribution in [-0.4, -0.2) is 84.3 Å². The molecule has 5 rings (SSSR count). The minimum atomic E-state index is -1.37. The van der Waals surface area contributed by atoms with E-state index in [2.05, 4.69) is 22.0 Å². The highest BCUT2D eigenvalue weighted by Gasteiger charge is 2.24. The van der Waals surface area contributed by atoms with Crippen molar-refractivity contribution >= 4 is 51.1 Å². The number of hydrogen-bond acceptors (Lipinski definition) is 10. The lowest BCUT2D eigenvalue weighted by Crippen LogP contribution is -2.39. The smallest absolute Gasteiger partial charge is 0.416 e. The number of pyridine rings is 1. The summed E-state index contributed by atoms with van der Waals surface area (Å²) in [5, 5.41) is 19.4. The molecule has 0 saturated carbocycles. The van der Waals surface area contributed by atoms with Gasteiger partial charge in [-0.15, -0.1) is 11.3 Å². The van der Waals surface area contributed by atoms with Gasteiger partial charge >= 0.3 is 18.0 Å². The van der Waals surface area contributed by atoms with E-state index in [-0.39, 0.29) is 43.2 Å². The van der Waals surface area contributed by atoms with Crippen LogP contribution in [0.3, 0.4) is 0 Å². The molecule has 5 aromatic rings. The molecular formula is C37H38N4O8S. The zero-order valence-corrected chi connectivity index (χ0v) is 29.2. The summed E-state index contributed by atoms with van der Waals surface area (Å²) < 4.78 is 18.0. The van der Waals surface area contributed by atoms with Crippen molar-refractivity contribution in [3.8, 4) is 27.4 Å². The molecule has 0 atom stereocenters. The molecule has 3 aromatic carbocycles. The van der Waals surface area contributed by atoms with Gasteiger partial charge < -0.3 is 29.3 Å². The summed E-state index contributed by atoms with van der Waals surface area (Å²) in [6, 6.07) is 21.7. The number of carboxylic acids is 2. The number of rotatable bonds is 13. The molecule has 0 unspecified atom stereocenters. The van der Waals surface area contributed by atoms with Gasteiger partial charge in [0.25, 0.3) is 0 Å². The number of amides is 1. The van der Waals surface area contributed by atoms with Crippen molar-refractivity contribution in [1.29, 1.82) is 0 Å². The van der Waals surface area contributed by atoms with Crippen LogP contribution < -0.4 is 14.5 Å². The van der Waals surface area contributed by atoms with Gasteiger partial charge in [0.2, 0.25) is 0 Å². The Kier molecular flexibility index (Phi) is 11.0. The number of carboxylic acid groups (broad SMARTS) is 2. The first-order valence-corrected chi connectivity index (χ1v) is 16.6. The Labute approximate surface area is 293 Å². The van der Waals surface area contributed by atoms with E-state index in [0.717, 1.165) is 43.7 Å². The third-order valence-electron chi connectivity index (χ3n) is 7.40. The number of aromatic carboxylic acids is 2. The van der Waals surface area contributed by atoms with Gasteiger partial charge in [0.1, 0.15) is 28.8 Å². The Bertz CT molecular complexity index is 1990. The lowest BCUT2D eigenvalue weighted by molar-refractivity contribution is 0.0549. The van der Waals surface area contributed by atoms with Gasteiger partial charge in [-0.25, -0.2) is 24.4 Å². The third kappa shape index (κ3) is 8.92. The Balaban J connectivity index is 1.21. The van der Waals surface area contributed by atoms with Gasteiger partial charge in [0.05, 0.1) is 41.1 Å². The minimum absolute atomic E-state index is 0.0694. The van der Waals surface area contributed by atoms with Crippen molar-refractivity contribution in [3.05, 3.63) is 90.1 Å². The molecule has 0 aliphatic carbocycles. The number of aromatic nitrogens is 2. The Morgan fingerprint density at radius 2 is 1.50 bits per heavy atom. The quantitative estimate of drug-likeness (QED) is 0.119. The molecule has 12 nitrogen and oxygen atoms in total. The van der Waals surface area contributed by atoms with Gasteiger partial charge in [-0.2, -0.15) is 0 Å². The van der Waals surface area contributed by atoms with Crippen LogP contribution in [0.4, 0.5) is 16.3 Å². The number of anilines is 2. The van der Waals surface area contributed by atoms with Crippen LogP contribution in [0.1, 0.15) is 41.5 Å². The molecule has 0 aliphatic heterocycles. The van der Waals surface area contributed by atoms with Crippen molar-refractivity contribution in [2.75, 3.05) is 50.3 Å². The van der Waals surface area contributed by atoms with E-state index in [4.69, 9.17) is 19.2 Å². The number of nitrogens with zero attached hydrogens (tertiary/aromatic N) is 4. The SMILES string of the molecule is CN(C)c1ccc2nc(-c3ccc(-c4ccc(N(CCOCCOc5ccc(C(=O)O)c(C(=O)O)c5)C(=O)OC(C)(C)C)nc4)cc3)sc2c1. The highest BCUT2D eigenvalue weighted by molar-refractivity contribution is 7.21. The van der Waals surface area contributed by atoms with Crippen molar-refractivity contribution in [1.82, 2.24) is 9.97 Å². The van der Waals surface area contributed by atoms with E-state index in [1.807, 2.05) is 50.5 Å². The maximum absolute atomic E-state index is 13.2. The molecular weight excluding hydrogens is 660 g/mol. The van der Waals surface area contributed by atoms with Crippen LogP contribution in [-0.2, 0) is 9.47 Å². The first-order valence-electron chi connectivity index (χ1n) is 15.8. The second-order valence-electron chi connectivity index (χ2n) is 12.5. The van der Waals surface area contributed by atoms with Gasteiger partial charge in [-0.1, -0.05) is 24.3 Å². The minimum Gasteiger partial charge on any atom is -0.491 e. The van der Waals surface area contributed by atoms with E-state index in [1.54, 1.807) is 44.4 Å². The summed E-state index contributed by atoms with van der Waals surface area (Å²) in [4.78, 5) is 48.7. The molecule has 0 aliphatic rings. The lowest BCUT2D eigenvalue weighted by Gasteiger charge is -2.27. The highest BCUT2D eigenvalue weighted by Crippen LogP contribution is 2.33. The fraction of sp³-hybridized carbons (Fsp3) is 0.270. The predicted molar refractivity (Wildman–Crippen MR) is 193 cm³/mol. The summed E-state index contributed by atoms with van der Waals surface area (Å²) in [5.41, 5.74) is 3.52. The van der Waals surface area contributed by atoms with Crippen molar-refractivity contribution in [2.24, 2.45) is 0 Å². The molecule has 1 amide bonds. The van der Waals surface area contributed by atoms with Crippen LogP contribution in [0.15, 0.2) is 79.0 Å². The average Bonchev–Trinajstić information content (AvgIpc) is 3.51. The second kappa shape index (κ2) is 15.3. The summed E-state index contributed by atoms with van der Waals surface area (Å²) in [6.45, 7) is 5.82. The predicted octanol–water partition coefficient (Wildman–Crippen LogP) is 7.32. The Hall–Kier alpha value is -5.53. The Morgan fingerprint density at radius 3 is 2.14 bits per heavy atom. The number of carbonyl (C=O) groups is 3. The van der Waals surface area contributed by atoms with Crippen LogP contribution in [0, 0.1) is 0 Å². The fourth-order valence-corrected chi connectivity index (χ4v) is 5.91. The summed E-state index contributed by atoms with van der Waals surface area (Å²) in [6.07, 6.45) is 1.13. The first kappa shape index (κ1) is 35.8. The van der Waals surface area contributed by atoms with Crippen LogP contribution >= 0.6 is 11.3 Å². The molecule has 0 saturated heterocycles. The second-order valence-corrected chi connectivity index (χ2v) is 13.5.